The fraction of sp³-hybridized carbons (Fsp3) is 0.0260. The van der Waals surface area contributed by atoms with Crippen LogP contribution in [-0.4, -0.2) is 15.0 Å². The summed E-state index contributed by atoms with van der Waals surface area (Å²) in [5, 5.41) is 0. The van der Waals surface area contributed by atoms with Crippen molar-refractivity contribution >= 4 is 0 Å². The van der Waals surface area contributed by atoms with Crippen LogP contribution in [0.3, 0.4) is 0 Å². The molecule has 0 aliphatic carbocycles. The van der Waals surface area contributed by atoms with Crippen molar-refractivity contribution in [2.45, 2.75) is 13.8 Å². The van der Waals surface area contributed by atoms with Crippen molar-refractivity contribution in [2.75, 3.05) is 0 Å². The number of benzene rings is 10. The van der Waals surface area contributed by atoms with E-state index < -0.39 is 12.1 Å². The molecule has 0 spiro atoms. The fourth-order valence-electron chi connectivity index (χ4n) is 10.7. The molecule has 10 aromatic carbocycles. The van der Waals surface area contributed by atoms with Gasteiger partial charge in [-0.3, -0.25) is 15.0 Å². The standard InChI is InChI=1S/C77H55N3/c1-52-44-76(79-50-73(52)55-22-8-4-9-23-55)59-37-33-57(34-38-59)65-26-12-14-28-67(65)62-46-63(68-29-15-13-27-66(68)58-35-39-60(40-36-58)77-45-53(2)74(51-80-77)56-24-10-5-11-25-56)48-64(47-62)69-30-16-17-31-70(69)71-42-41-61(75-32-18-19-43-78-75)49-72(71)54-20-6-3-7-21-54/h3-51H,1-2H3/i4D,5D,8D,9D,10D,11D,22D,23D,24D,25D. The van der Waals surface area contributed by atoms with E-state index in [-0.39, 0.29) is 59.5 Å². The molecule has 0 N–H and O–H groups in total. The van der Waals surface area contributed by atoms with Gasteiger partial charge in [0, 0.05) is 46.4 Å². The summed E-state index contributed by atoms with van der Waals surface area (Å²) < 4.78 is 83.7. The topological polar surface area (TPSA) is 38.7 Å². The summed E-state index contributed by atoms with van der Waals surface area (Å²) in [4.78, 5) is 14.3. The van der Waals surface area contributed by atoms with Crippen molar-refractivity contribution in [1.29, 1.82) is 0 Å². The van der Waals surface area contributed by atoms with Gasteiger partial charge in [-0.25, -0.2) is 0 Å². The highest BCUT2D eigenvalue weighted by Crippen LogP contribution is 2.45. The molecule has 0 aliphatic heterocycles. The summed E-state index contributed by atoms with van der Waals surface area (Å²) in [6, 6.07) is 72.2. The Balaban J connectivity index is 0.920. The van der Waals surface area contributed by atoms with Gasteiger partial charge >= 0.3 is 0 Å². The summed E-state index contributed by atoms with van der Waals surface area (Å²) in [5.74, 6) is 0. The van der Waals surface area contributed by atoms with Gasteiger partial charge in [0.25, 0.3) is 0 Å². The maximum Gasteiger partial charge on any atom is 0.0705 e. The lowest BCUT2D eigenvalue weighted by molar-refractivity contribution is 1.29. The van der Waals surface area contributed by atoms with Gasteiger partial charge in [0.1, 0.15) is 0 Å². The monoisotopic (exact) mass is 1030 g/mol. The quantitative estimate of drug-likeness (QED) is 0.122. The van der Waals surface area contributed by atoms with Gasteiger partial charge < -0.3 is 0 Å². The summed E-state index contributed by atoms with van der Waals surface area (Å²) in [5.41, 5.74) is 22.1. The van der Waals surface area contributed by atoms with Crippen LogP contribution in [0.2, 0.25) is 0 Å². The molecule has 0 saturated carbocycles. The third-order valence-electron chi connectivity index (χ3n) is 14.7. The van der Waals surface area contributed by atoms with E-state index in [9.17, 15) is 0 Å². The number of rotatable bonds is 12. The Kier molecular flexibility index (Phi) is 10.7. The van der Waals surface area contributed by atoms with E-state index in [1.54, 1.807) is 12.4 Å². The second-order valence-electron chi connectivity index (χ2n) is 19.7. The third kappa shape index (κ3) is 9.97. The number of hydrogen-bond donors (Lipinski definition) is 0. The number of pyridine rings is 3. The molecule has 3 aromatic heterocycles. The Hall–Kier alpha value is -10.4. The average Bonchev–Trinajstić information content (AvgIpc) is 0.824. The van der Waals surface area contributed by atoms with Gasteiger partial charge in [0.15, 0.2) is 0 Å². The molecule has 0 amide bonds. The largest absolute Gasteiger partial charge is 0.256 e. The predicted molar refractivity (Wildman–Crippen MR) is 335 cm³/mol. The highest BCUT2D eigenvalue weighted by atomic mass is 14.7. The molecule has 13 rings (SSSR count). The molecule has 0 atom stereocenters. The van der Waals surface area contributed by atoms with Gasteiger partial charge in [-0.15, -0.1) is 0 Å². The van der Waals surface area contributed by atoms with Crippen molar-refractivity contribution in [3.05, 3.63) is 309 Å². The van der Waals surface area contributed by atoms with E-state index in [2.05, 4.69) is 158 Å². The minimum atomic E-state index is -0.436. The summed E-state index contributed by atoms with van der Waals surface area (Å²) in [6.45, 7) is 3.73. The molecular formula is C77H55N3. The summed E-state index contributed by atoms with van der Waals surface area (Å²) in [6.07, 6.45) is 5.01. The molecule has 3 heterocycles. The van der Waals surface area contributed by atoms with E-state index >= 15 is 0 Å². The number of aryl methyl sites for hydroxylation is 2. The van der Waals surface area contributed by atoms with Gasteiger partial charge in [0.05, 0.1) is 30.8 Å². The highest BCUT2D eigenvalue weighted by Gasteiger charge is 2.19. The van der Waals surface area contributed by atoms with Crippen LogP contribution in [0.25, 0.3) is 134 Å². The molecule has 13 aromatic rings. The normalized spacial score (nSPS) is 12.9. The second kappa shape index (κ2) is 21.9. The molecule has 0 fully saturated rings. The summed E-state index contributed by atoms with van der Waals surface area (Å²) >= 11 is 0. The molecule has 0 radical (unpaired) electrons. The van der Waals surface area contributed by atoms with Crippen LogP contribution < -0.4 is 0 Å². The van der Waals surface area contributed by atoms with Crippen LogP contribution in [0.4, 0.5) is 0 Å². The Morgan fingerprint density at radius 1 is 0.237 bits per heavy atom. The molecule has 80 heavy (non-hydrogen) atoms. The van der Waals surface area contributed by atoms with E-state index in [0.717, 1.165) is 111 Å². The van der Waals surface area contributed by atoms with E-state index in [1.807, 2.05) is 80.7 Å². The molecule has 378 valence electrons. The first kappa shape index (κ1) is 39.1. The van der Waals surface area contributed by atoms with E-state index in [4.69, 9.17) is 28.7 Å². The zero-order chi connectivity index (χ0) is 62.5. The minimum Gasteiger partial charge on any atom is -0.256 e. The van der Waals surface area contributed by atoms with Crippen LogP contribution in [0.1, 0.15) is 24.8 Å². The molecule has 0 aliphatic rings. The Labute approximate surface area is 483 Å². The molecule has 0 saturated heterocycles. The first-order valence-corrected chi connectivity index (χ1v) is 26.5. The Morgan fingerprint density at radius 3 is 1.06 bits per heavy atom. The Bertz CT molecular complexity index is 4680. The number of hydrogen-bond acceptors (Lipinski definition) is 3. The van der Waals surface area contributed by atoms with Crippen LogP contribution in [0, 0.1) is 13.8 Å². The van der Waals surface area contributed by atoms with Gasteiger partial charge in [-0.05, 0) is 163 Å². The molecule has 3 nitrogen and oxygen atoms in total. The highest BCUT2D eigenvalue weighted by molar-refractivity contribution is 5.97. The van der Waals surface area contributed by atoms with Crippen molar-refractivity contribution < 1.29 is 13.7 Å². The second-order valence-corrected chi connectivity index (χ2v) is 19.7. The zero-order valence-corrected chi connectivity index (χ0v) is 43.9. The number of nitrogens with zero attached hydrogens (tertiary/aromatic N) is 3. The van der Waals surface area contributed by atoms with Crippen molar-refractivity contribution in [3.8, 4) is 134 Å². The van der Waals surface area contributed by atoms with Gasteiger partial charge in [-0.2, -0.15) is 0 Å². The number of aromatic nitrogens is 3. The predicted octanol–water partition coefficient (Wildman–Crippen LogP) is 20.5. The zero-order valence-electron chi connectivity index (χ0n) is 53.9. The lowest BCUT2D eigenvalue weighted by Gasteiger charge is -2.19. The first-order valence-electron chi connectivity index (χ1n) is 31.5. The van der Waals surface area contributed by atoms with Crippen molar-refractivity contribution in [2.24, 2.45) is 0 Å². The lowest BCUT2D eigenvalue weighted by Crippen LogP contribution is -1.94. The van der Waals surface area contributed by atoms with E-state index in [1.165, 1.54) is 0 Å². The van der Waals surface area contributed by atoms with Gasteiger partial charge in [-0.1, -0.05) is 230 Å². The van der Waals surface area contributed by atoms with Crippen molar-refractivity contribution in [1.82, 2.24) is 15.0 Å². The fourth-order valence-corrected chi connectivity index (χ4v) is 10.7. The Morgan fingerprint density at radius 2 is 0.613 bits per heavy atom. The third-order valence-corrected chi connectivity index (χ3v) is 14.7. The van der Waals surface area contributed by atoms with E-state index in [0.29, 0.717) is 22.5 Å². The minimum absolute atomic E-state index is 0.124. The van der Waals surface area contributed by atoms with Crippen molar-refractivity contribution in [3.63, 3.8) is 0 Å². The van der Waals surface area contributed by atoms with Crippen LogP contribution in [-0.2, 0) is 0 Å². The smallest absolute Gasteiger partial charge is 0.0705 e. The molecular weight excluding hydrogens is 967 g/mol. The van der Waals surface area contributed by atoms with Gasteiger partial charge in [0.2, 0.25) is 0 Å². The molecule has 0 bridgehead atoms. The SMILES string of the molecule is [2H]c1c([2H])c([2H])c(-c2cnc(-c3ccc(-c4ccccc4-c4cc(-c5ccccc5-c5ccc(-c6cc(C)c(-c7c([2H])c([2H])c([2H])c([2H])c7[2H])cn6)cc5)cc(-c5ccccc5-c5ccc(-c6ccccn6)cc5-c5ccccc5)c4)cc3)cc2C)c([2H])c1[2H]. The molecule has 0 unspecified atom stereocenters. The summed E-state index contributed by atoms with van der Waals surface area (Å²) in [7, 11) is 0. The lowest BCUT2D eigenvalue weighted by atomic mass is 9.84. The molecule has 3 heteroatoms. The average molecular weight is 1030 g/mol. The maximum atomic E-state index is 8.60. The first-order chi connectivity index (χ1) is 43.6. The van der Waals surface area contributed by atoms with Crippen LogP contribution in [0.5, 0.6) is 0 Å². The van der Waals surface area contributed by atoms with Crippen LogP contribution >= 0.6 is 0 Å². The maximum absolute atomic E-state index is 8.60. The van der Waals surface area contributed by atoms with Crippen LogP contribution in [0.15, 0.2) is 297 Å².